The van der Waals surface area contributed by atoms with E-state index in [1.54, 1.807) is 10.6 Å². The molecule has 0 fully saturated rings. The molecule has 0 aliphatic heterocycles. The van der Waals surface area contributed by atoms with Gasteiger partial charge < -0.3 is 5.32 Å². The van der Waals surface area contributed by atoms with Gasteiger partial charge in [0.25, 0.3) is 0 Å². The van der Waals surface area contributed by atoms with Crippen LogP contribution >= 0.6 is 11.6 Å². The predicted molar refractivity (Wildman–Crippen MR) is 117 cm³/mol. The van der Waals surface area contributed by atoms with E-state index >= 15 is 0 Å². The van der Waals surface area contributed by atoms with Crippen LogP contribution < -0.4 is 5.32 Å². The third-order valence-electron chi connectivity index (χ3n) is 4.80. The van der Waals surface area contributed by atoms with E-state index in [-0.39, 0.29) is 11.5 Å². The highest BCUT2D eigenvalue weighted by atomic mass is 35.5. The third-order valence-corrected chi connectivity index (χ3v) is 5.11. The highest BCUT2D eigenvalue weighted by Gasteiger charge is 2.25. The Labute approximate surface area is 176 Å². The van der Waals surface area contributed by atoms with Crippen molar-refractivity contribution in [1.29, 1.82) is 5.26 Å². The molecule has 3 aromatic rings. The molecule has 5 nitrogen and oxygen atoms in total. The summed E-state index contributed by atoms with van der Waals surface area (Å²) >= 11 is 6.34. The Morgan fingerprint density at radius 1 is 1.28 bits per heavy atom. The summed E-state index contributed by atoms with van der Waals surface area (Å²) in [4.78, 5) is 4.56. The van der Waals surface area contributed by atoms with Crippen LogP contribution in [0.2, 0.25) is 5.02 Å². The molecule has 0 amide bonds. The van der Waals surface area contributed by atoms with Crippen molar-refractivity contribution in [3.8, 4) is 17.2 Å². The van der Waals surface area contributed by atoms with Crippen LogP contribution in [0.4, 0.5) is 10.2 Å². The summed E-state index contributed by atoms with van der Waals surface area (Å²) in [5, 5.41) is 17.5. The Morgan fingerprint density at radius 2 is 1.93 bits per heavy atom. The Bertz CT molecular complexity index is 1060. The molecule has 2 aromatic heterocycles. The molecule has 3 rings (SSSR count). The number of nitrogens with one attached hydrogen (secondary N) is 1. The lowest BCUT2D eigenvalue weighted by Crippen LogP contribution is -2.32. The molecule has 1 N–H and O–H groups in total. The monoisotopic (exact) mass is 415 g/mol. The lowest BCUT2D eigenvalue weighted by Gasteiger charge is -2.30. The molecule has 0 saturated carbocycles. The minimum Gasteiger partial charge on any atom is -0.366 e. The minimum absolute atomic E-state index is 0.0292. The van der Waals surface area contributed by atoms with Gasteiger partial charge in [0.1, 0.15) is 23.3 Å². The van der Waals surface area contributed by atoms with Gasteiger partial charge >= 0.3 is 0 Å². The average Bonchev–Trinajstić information content (AvgIpc) is 3.06. The van der Waals surface area contributed by atoms with E-state index in [9.17, 15) is 9.65 Å². The number of aryl methyl sites for hydroxylation is 1. The molecule has 1 atom stereocenters. The Balaban J connectivity index is 0.00000145. The summed E-state index contributed by atoms with van der Waals surface area (Å²) < 4.78 is 15.2. The number of aromatic nitrogens is 3. The van der Waals surface area contributed by atoms with Crippen LogP contribution in [0.1, 0.15) is 52.8 Å². The number of nitrogens with zero attached hydrogens (tertiary/aromatic N) is 4. The fourth-order valence-electron chi connectivity index (χ4n) is 2.75. The molecule has 0 bridgehead atoms. The first kappa shape index (κ1) is 22.6. The van der Waals surface area contributed by atoms with E-state index in [2.05, 4.69) is 49.2 Å². The van der Waals surface area contributed by atoms with Crippen molar-refractivity contribution in [1.82, 2.24) is 14.6 Å². The van der Waals surface area contributed by atoms with Crippen LogP contribution in [0.25, 0.3) is 16.8 Å². The Hall–Kier alpha value is -2.65. The van der Waals surface area contributed by atoms with E-state index in [0.717, 1.165) is 5.56 Å². The molecule has 0 aliphatic carbocycles. The summed E-state index contributed by atoms with van der Waals surface area (Å²) in [6.45, 7) is 14.3. The second-order valence-corrected chi connectivity index (χ2v) is 8.09. The molecule has 1 unspecified atom stereocenters. The van der Waals surface area contributed by atoms with Crippen molar-refractivity contribution in [3.63, 3.8) is 0 Å². The molecular weight excluding hydrogens is 389 g/mol. The first-order valence-electron chi connectivity index (χ1n) is 9.64. The highest BCUT2D eigenvalue weighted by molar-refractivity contribution is 6.33. The van der Waals surface area contributed by atoms with Gasteiger partial charge in [0.2, 0.25) is 0 Å². The molecule has 2 heterocycles. The van der Waals surface area contributed by atoms with Gasteiger partial charge in [-0.05, 0) is 37.5 Å². The number of rotatable bonds is 3. The number of benzene rings is 1. The maximum absolute atomic E-state index is 13.6. The van der Waals surface area contributed by atoms with Crippen molar-refractivity contribution >= 4 is 23.1 Å². The Kier molecular flexibility index (Phi) is 6.86. The van der Waals surface area contributed by atoms with Crippen molar-refractivity contribution in [2.45, 2.75) is 54.5 Å². The van der Waals surface area contributed by atoms with E-state index in [4.69, 9.17) is 11.6 Å². The normalized spacial score (nSPS) is 12.1. The van der Waals surface area contributed by atoms with Crippen LogP contribution in [-0.4, -0.2) is 20.6 Å². The zero-order chi connectivity index (χ0) is 21.9. The summed E-state index contributed by atoms with van der Waals surface area (Å²) in [7, 11) is 0. The fourth-order valence-corrected chi connectivity index (χ4v) is 3.02. The van der Waals surface area contributed by atoms with Gasteiger partial charge in [0.05, 0.1) is 16.9 Å². The van der Waals surface area contributed by atoms with Gasteiger partial charge in [-0.1, -0.05) is 46.2 Å². The first-order valence-corrected chi connectivity index (χ1v) is 10.0. The SMILES string of the molecule is CC.Cc1nc2c(C#N)cnn2c(NC(C)C(C)(C)C)c1-c1ccc(F)cc1Cl. The van der Waals surface area contributed by atoms with Crippen molar-refractivity contribution < 1.29 is 4.39 Å². The lowest BCUT2D eigenvalue weighted by molar-refractivity contribution is 0.358. The van der Waals surface area contributed by atoms with Crippen LogP contribution in [0.3, 0.4) is 0 Å². The van der Waals surface area contributed by atoms with Crippen molar-refractivity contribution in [2.24, 2.45) is 5.41 Å². The molecule has 0 aliphatic rings. The van der Waals surface area contributed by atoms with Crippen LogP contribution in [0.15, 0.2) is 24.4 Å². The smallest absolute Gasteiger partial charge is 0.175 e. The van der Waals surface area contributed by atoms with Gasteiger partial charge in [-0.15, -0.1) is 0 Å². The van der Waals surface area contributed by atoms with Crippen LogP contribution in [0, 0.1) is 29.5 Å². The second-order valence-electron chi connectivity index (χ2n) is 7.68. The molecule has 29 heavy (non-hydrogen) atoms. The highest BCUT2D eigenvalue weighted by Crippen LogP contribution is 2.37. The largest absolute Gasteiger partial charge is 0.366 e. The van der Waals surface area contributed by atoms with E-state index in [1.807, 2.05) is 20.8 Å². The van der Waals surface area contributed by atoms with Gasteiger partial charge in [-0.3, -0.25) is 0 Å². The van der Waals surface area contributed by atoms with E-state index in [0.29, 0.717) is 33.3 Å². The molecular formula is C22H27ClFN5. The number of hydrogen-bond acceptors (Lipinski definition) is 4. The zero-order valence-electron chi connectivity index (χ0n) is 17.9. The average molecular weight is 416 g/mol. The molecule has 0 saturated heterocycles. The molecule has 154 valence electrons. The van der Waals surface area contributed by atoms with Gasteiger partial charge in [-0.25, -0.2) is 9.37 Å². The summed E-state index contributed by atoms with van der Waals surface area (Å²) in [5.74, 6) is 0.272. The number of hydrogen-bond donors (Lipinski definition) is 1. The maximum Gasteiger partial charge on any atom is 0.175 e. The fraction of sp³-hybridized carbons (Fsp3) is 0.409. The van der Waals surface area contributed by atoms with Crippen molar-refractivity contribution in [3.05, 3.63) is 46.5 Å². The van der Waals surface area contributed by atoms with Crippen LogP contribution in [0.5, 0.6) is 0 Å². The molecule has 0 radical (unpaired) electrons. The number of nitriles is 1. The maximum atomic E-state index is 13.6. The lowest BCUT2D eigenvalue weighted by atomic mass is 9.88. The summed E-state index contributed by atoms with van der Waals surface area (Å²) in [6.07, 6.45) is 1.49. The second kappa shape index (κ2) is 8.79. The van der Waals surface area contributed by atoms with E-state index < -0.39 is 5.82 Å². The Morgan fingerprint density at radius 3 is 2.48 bits per heavy atom. The summed E-state index contributed by atoms with van der Waals surface area (Å²) in [5.41, 5.74) is 2.90. The number of fused-ring (bicyclic) bond motifs is 1. The molecule has 7 heteroatoms. The molecule has 0 spiro atoms. The number of halogens is 2. The number of anilines is 1. The van der Waals surface area contributed by atoms with Gasteiger partial charge in [0, 0.05) is 17.2 Å². The first-order chi connectivity index (χ1) is 13.6. The quantitative estimate of drug-likeness (QED) is 0.549. The molecule has 1 aromatic carbocycles. The topological polar surface area (TPSA) is 66.0 Å². The van der Waals surface area contributed by atoms with Gasteiger partial charge in [-0.2, -0.15) is 14.9 Å². The minimum atomic E-state index is -0.404. The zero-order valence-corrected chi connectivity index (χ0v) is 18.7. The predicted octanol–water partition coefficient (Wildman–Crippen LogP) is 6.24. The van der Waals surface area contributed by atoms with E-state index in [1.165, 1.54) is 18.3 Å². The third kappa shape index (κ3) is 4.51. The van der Waals surface area contributed by atoms with Gasteiger partial charge in [0.15, 0.2) is 5.65 Å². The standard InChI is InChI=1S/C20H21ClFN5.C2H6/c1-11-17(15-7-6-14(22)8-16(15)21)19(26-12(2)20(3,4)5)27-18(25-11)13(9-23)10-24-27;1-2/h6-8,10,12,26H,1-5H3;1-2H3. The van der Waals surface area contributed by atoms with Crippen molar-refractivity contribution in [2.75, 3.05) is 5.32 Å². The van der Waals surface area contributed by atoms with Crippen LogP contribution in [-0.2, 0) is 0 Å². The summed E-state index contributed by atoms with van der Waals surface area (Å²) in [6, 6.07) is 6.48.